The lowest BCUT2D eigenvalue weighted by Crippen LogP contribution is -2.35. The zero-order valence-electron chi connectivity index (χ0n) is 12.3. The minimum atomic E-state index is -3.23. The van der Waals surface area contributed by atoms with Crippen LogP contribution in [0, 0.1) is 0 Å². The molecule has 2 nitrogen and oxygen atoms in total. The lowest BCUT2D eigenvalue weighted by molar-refractivity contribution is 0.543. The molecule has 4 heteroatoms. The Morgan fingerprint density at radius 3 is 2.21 bits per heavy atom. The second-order valence-electron chi connectivity index (χ2n) is 5.48. The number of benzene rings is 1. The molecule has 0 fully saturated rings. The predicted octanol–water partition coefficient (Wildman–Crippen LogP) is 3.91. The molecule has 1 unspecified atom stereocenters. The van der Waals surface area contributed by atoms with Crippen LogP contribution >= 0.6 is 11.6 Å². The molecule has 19 heavy (non-hydrogen) atoms. The van der Waals surface area contributed by atoms with Crippen LogP contribution in [-0.2, 0) is 22.7 Å². The SMILES string of the molecule is CCc1ccc(CC)c(C(Cl)C(C)(C)S(C)(=O)=O)c1. The van der Waals surface area contributed by atoms with Gasteiger partial charge in [0.2, 0.25) is 0 Å². The Kier molecular flexibility index (Phi) is 5.08. The summed E-state index contributed by atoms with van der Waals surface area (Å²) < 4.78 is 22.9. The van der Waals surface area contributed by atoms with Gasteiger partial charge < -0.3 is 0 Å². The molecule has 108 valence electrons. The van der Waals surface area contributed by atoms with Crippen molar-refractivity contribution < 1.29 is 8.42 Å². The number of alkyl halides is 1. The highest BCUT2D eigenvalue weighted by Gasteiger charge is 2.39. The molecule has 1 aromatic rings. The topological polar surface area (TPSA) is 34.1 Å². The molecule has 0 radical (unpaired) electrons. The van der Waals surface area contributed by atoms with Crippen molar-refractivity contribution in [1.82, 2.24) is 0 Å². The molecule has 0 spiro atoms. The van der Waals surface area contributed by atoms with E-state index in [1.807, 2.05) is 6.07 Å². The normalized spacial score (nSPS) is 14.4. The summed E-state index contributed by atoms with van der Waals surface area (Å²) in [6.45, 7) is 7.52. The summed E-state index contributed by atoms with van der Waals surface area (Å²) >= 11 is 6.52. The third-order valence-electron chi connectivity index (χ3n) is 3.84. The fraction of sp³-hybridized carbons (Fsp3) is 0.600. The van der Waals surface area contributed by atoms with Crippen LogP contribution in [0.5, 0.6) is 0 Å². The van der Waals surface area contributed by atoms with Crippen molar-refractivity contribution in [2.75, 3.05) is 6.26 Å². The maximum atomic E-state index is 11.9. The average Bonchev–Trinajstić information content (AvgIpc) is 2.35. The molecule has 0 saturated carbocycles. The Labute approximate surface area is 122 Å². The van der Waals surface area contributed by atoms with Crippen LogP contribution in [0.15, 0.2) is 18.2 Å². The van der Waals surface area contributed by atoms with E-state index in [4.69, 9.17) is 11.6 Å². The van der Waals surface area contributed by atoms with Gasteiger partial charge >= 0.3 is 0 Å². The van der Waals surface area contributed by atoms with E-state index in [1.54, 1.807) is 13.8 Å². The van der Waals surface area contributed by atoms with E-state index in [9.17, 15) is 8.42 Å². The molecule has 0 aliphatic carbocycles. The highest BCUT2D eigenvalue weighted by atomic mass is 35.5. The number of rotatable bonds is 5. The van der Waals surface area contributed by atoms with E-state index in [2.05, 4.69) is 26.0 Å². The summed E-state index contributed by atoms with van der Waals surface area (Å²) in [7, 11) is -3.23. The number of halogens is 1. The van der Waals surface area contributed by atoms with Gasteiger partial charge in [-0.05, 0) is 43.4 Å². The molecule has 0 aromatic heterocycles. The van der Waals surface area contributed by atoms with Crippen molar-refractivity contribution in [1.29, 1.82) is 0 Å². The first-order valence-electron chi connectivity index (χ1n) is 6.60. The lowest BCUT2D eigenvalue weighted by Gasteiger charge is -2.30. The van der Waals surface area contributed by atoms with Crippen molar-refractivity contribution in [2.45, 2.75) is 50.7 Å². The predicted molar refractivity (Wildman–Crippen MR) is 82.7 cm³/mol. The number of sulfone groups is 1. The molecule has 0 aliphatic heterocycles. The third kappa shape index (κ3) is 3.32. The molecule has 0 bridgehead atoms. The third-order valence-corrected chi connectivity index (χ3v) is 6.90. The van der Waals surface area contributed by atoms with Crippen molar-refractivity contribution in [3.63, 3.8) is 0 Å². The Hall–Kier alpha value is -0.540. The first-order chi connectivity index (χ1) is 8.65. The molecule has 0 aliphatic rings. The summed E-state index contributed by atoms with van der Waals surface area (Å²) in [6.07, 6.45) is 3.01. The summed E-state index contributed by atoms with van der Waals surface area (Å²) in [5.41, 5.74) is 3.25. The largest absolute Gasteiger partial charge is 0.229 e. The fourth-order valence-corrected chi connectivity index (χ4v) is 3.18. The molecule has 1 rings (SSSR count). The monoisotopic (exact) mass is 302 g/mol. The van der Waals surface area contributed by atoms with Crippen LogP contribution in [0.25, 0.3) is 0 Å². The van der Waals surface area contributed by atoms with Crippen LogP contribution in [-0.4, -0.2) is 19.4 Å². The molecule has 1 atom stereocenters. The van der Waals surface area contributed by atoms with Gasteiger partial charge in [0.15, 0.2) is 9.84 Å². The van der Waals surface area contributed by atoms with Crippen molar-refractivity contribution in [3.05, 3.63) is 34.9 Å². The highest BCUT2D eigenvalue weighted by molar-refractivity contribution is 7.92. The van der Waals surface area contributed by atoms with Gasteiger partial charge in [0, 0.05) is 6.26 Å². The van der Waals surface area contributed by atoms with Crippen LogP contribution in [0.3, 0.4) is 0 Å². The Balaban J connectivity index is 3.36. The fourth-order valence-electron chi connectivity index (χ4n) is 1.98. The Bertz CT molecular complexity index is 547. The number of aryl methyl sites for hydroxylation is 2. The maximum absolute atomic E-state index is 11.9. The Morgan fingerprint density at radius 1 is 1.21 bits per heavy atom. The summed E-state index contributed by atoms with van der Waals surface area (Å²) in [6, 6.07) is 6.19. The van der Waals surface area contributed by atoms with Gasteiger partial charge in [-0.2, -0.15) is 0 Å². The minimum Gasteiger partial charge on any atom is -0.229 e. The van der Waals surface area contributed by atoms with Crippen LogP contribution in [0.4, 0.5) is 0 Å². The maximum Gasteiger partial charge on any atom is 0.154 e. The first-order valence-corrected chi connectivity index (χ1v) is 8.93. The second kappa shape index (κ2) is 5.84. The summed E-state index contributed by atoms with van der Waals surface area (Å²) in [4.78, 5) is 0. The van der Waals surface area contributed by atoms with Crippen molar-refractivity contribution in [2.24, 2.45) is 0 Å². The van der Waals surface area contributed by atoms with Gasteiger partial charge in [0.05, 0.1) is 10.1 Å². The van der Waals surface area contributed by atoms with Gasteiger partial charge in [-0.15, -0.1) is 11.6 Å². The minimum absolute atomic E-state index is 0.538. The molecule has 0 heterocycles. The summed E-state index contributed by atoms with van der Waals surface area (Å²) in [5.74, 6) is 0. The van der Waals surface area contributed by atoms with Gasteiger partial charge in [-0.1, -0.05) is 32.0 Å². The highest BCUT2D eigenvalue weighted by Crippen LogP contribution is 2.39. The van der Waals surface area contributed by atoms with E-state index in [0.717, 1.165) is 24.0 Å². The quantitative estimate of drug-likeness (QED) is 0.773. The van der Waals surface area contributed by atoms with Crippen molar-refractivity contribution in [3.8, 4) is 0 Å². The van der Waals surface area contributed by atoms with E-state index >= 15 is 0 Å². The van der Waals surface area contributed by atoms with E-state index in [1.165, 1.54) is 11.8 Å². The van der Waals surface area contributed by atoms with E-state index < -0.39 is 20.0 Å². The van der Waals surface area contributed by atoms with Gasteiger partial charge in [0.25, 0.3) is 0 Å². The van der Waals surface area contributed by atoms with Gasteiger partial charge in [-0.3, -0.25) is 0 Å². The standard InChI is InChI=1S/C15H23ClO2S/c1-6-11-8-9-12(7-2)13(10-11)14(16)15(3,4)19(5,17)18/h8-10,14H,6-7H2,1-5H3. The molecular weight excluding hydrogens is 280 g/mol. The van der Waals surface area contributed by atoms with Crippen LogP contribution in [0.1, 0.15) is 49.8 Å². The van der Waals surface area contributed by atoms with Gasteiger partial charge in [-0.25, -0.2) is 8.42 Å². The average molecular weight is 303 g/mol. The zero-order valence-corrected chi connectivity index (χ0v) is 13.9. The zero-order chi connectivity index (χ0) is 14.8. The van der Waals surface area contributed by atoms with E-state index in [0.29, 0.717) is 0 Å². The van der Waals surface area contributed by atoms with Gasteiger partial charge in [0.1, 0.15) is 0 Å². The number of hydrogen-bond acceptors (Lipinski definition) is 2. The smallest absolute Gasteiger partial charge is 0.154 e. The lowest BCUT2D eigenvalue weighted by atomic mass is 9.93. The van der Waals surface area contributed by atoms with E-state index in [-0.39, 0.29) is 0 Å². The molecule has 0 N–H and O–H groups in total. The van der Waals surface area contributed by atoms with Crippen molar-refractivity contribution >= 4 is 21.4 Å². The molecule has 0 saturated heterocycles. The molecule has 1 aromatic carbocycles. The summed E-state index contributed by atoms with van der Waals surface area (Å²) in [5, 5.41) is -0.538. The Morgan fingerprint density at radius 2 is 1.79 bits per heavy atom. The second-order valence-corrected chi connectivity index (χ2v) is 8.51. The van der Waals surface area contributed by atoms with Crippen LogP contribution < -0.4 is 0 Å². The number of hydrogen-bond donors (Lipinski definition) is 0. The molecule has 0 amide bonds. The first kappa shape index (κ1) is 16.5. The molecular formula is C15H23ClO2S. The van der Waals surface area contributed by atoms with Crippen LogP contribution in [0.2, 0.25) is 0 Å².